The third-order valence-corrected chi connectivity index (χ3v) is 3.54. The van der Waals surface area contributed by atoms with E-state index in [1.54, 1.807) is 6.20 Å². The van der Waals surface area contributed by atoms with Gasteiger partial charge in [-0.2, -0.15) is 15.1 Å². The molecule has 0 bridgehead atoms. The van der Waals surface area contributed by atoms with E-state index in [1.807, 2.05) is 0 Å². The van der Waals surface area contributed by atoms with Gasteiger partial charge in [-0.3, -0.25) is 5.10 Å². The first-order valence-corrected chi connectivity index (χ1v) is 6.69. The summed E-state index contributed by atoms with van der Waals surface area (Å²) < 4.78 is 0. The fourth-order valence-corrected chi connectivity index (χ4v) is 2.44. The average molecular weight is 262 g/mol. The zero-order valence-electron chi connectivity index (χ0n) is 11.9. The number of nitrogens with zero attached hydrogens (tertiary/aromatic N) is 3. The predicted molar refractivity (Wildman–Crippen MR) is 77.8 cm³/mol. The molecule has 0 aliphatic rings. The number of hydrogen-bond donors (Lipinski definition) is 3. The summed E-state index contributed by atoms with van der Waals surface area (Å²) in [5.41, 5.74) is 6.37. The lowest BCUT2D eigenvalue weighted by Gasteiger charge is -2.25. The molecule has 0 amide bonds. The third kappa shape index (κ3) is 2.94. The van der Waals surface area contributed by atoms with Gasteiger partial charge in [0.15, 0.2) is 5.65 Å². The van der Waals surface area contributed by atoms with E-state index in [9.17, 15) is 0 Å². The molecule has 6 nitrogen and oxygen atoms in total. The van der Waals surface area contributed by atoms with E-state index >= 15 is 0 Å². The number of rotatable bonds is 5. The Hall–Kier alpha value is -1.85. The van der Waals surface area contributed by atoms with Crippen LogP contribution in [0, 0.1) is 17.8 Å². The lowest BCUT2D eigenvalue weighted by molar-refractivity contribution is 0.304. The highest BCUT2D eigenvalue weighted by Gasteiger charge is 2.18. The van der Waals surface area contributed by atoms with E-state index in [0.29, 0.717) is 23.4 Å². The average Bonchev–Trinajstić information content (AvgIpc) is 2.75. The maximum Gasteiger partial charge on any atom is 0.224 e. The van der Waals surface area contributed by atoms with Crippen LogP contribution in [0.3, 0.4) is 0 Å². The summed E-state index contributed by atoms with van der Waals surface area (Å²) in [6, 6.07) is 0. The number of hydrogen-bond acceptors (Lipinski definition) is 5. The van der Waals surface area contributed by atoms with Crippen LogP contribution < -0.4 is 11.1 Å². The van der Waals surface area contributed by atoms with E-state index in [0.717, 1.165) is 17.7 Å². The molecule has 2 aromatic heterocycles. The molecule has 0 spiro atoms. The van der Waals surface area contributed by atoms with Gasteiger partial charge in [0.1, 0.15) is 5.82 Å². The fraction of sp³-hybridized carbons (Fsp3) is 0.615. The quantitative estimate of drug-likeness (QED) is 0.768. The van der Waals surface area contributed by atoms with Gasteiger partial charge in [0.05, 0.1) is 11.6 Å². The standard InChI is InChI=1S/C13H22N6/c1-7(2)9(8(3)4)5-15-11-10-6-16-19-12(10)18-13(14)17-11/h6-9H,5H2,1-4H3,(H4,14,15,16,17,18,19). The highest BCUT2D eigenvalue weighted by molar-refractivity contribution is 5.86. The van der Waals surface area contributed by atoms with E-state index in [1.165, 1.54) is 0 Å². The van der Waals surface area contributed by atoms with Crippen molar-refractivity contribution < 1.29 is 0 Å². The number of nitrogen functional groups attached to an aromatic ring is 1. The molecule has 2 rings (SSSR count). The number of anilines is 2. The van der Waals surface area contributed by atoms with Gasteiger partial charge in [-0.15, -0.1) is 0 Å². The molecule has 19 heavy (non-hydrogen) atoms. The van der Waals surface area contributed by atoms with Crippen LogP contribution >= 0.6 is 0 Å². The van der Waals surface area contributed by atoms with Gasteiger partial charge in [0.25, 0.3) is 0 Å². The highest BCUT2D eigenvalue weighted by atomic mass is 15.2. The molecule has 0 unspecified atom stereocenters. The van der Waals surface area contributed by atoms with Crippen LogP contribution in [0.5, 0.6) is 0 Å². The Labute approximate surface area is 113 Å². The van der Waals surface area contributed by atoms with Crippen LogP contribution in [0.2, 0.25) is 0 Å². The van der Waals surface area contributed by atoms with Crippen molar-refractivity contribution in [2.75, 3.05) is 17.6 Å². The molecule has 0 aromatic carbocycles. The molecule has 6 heteroatoms. The van der Waals surface area contributed by atoms with E-state index in [-0.39, 0.29) is 5.95 Å². The Morgan fingerprint density at radius 3 is 2.53 bits per heavy atom. The summed E-state index contributed by atoms with van der Waals surface area (Å²) in [7, 11) is 0. The molecule has 0 saturated carbocycles. The van der Waals surface area contributed by atoms with Gasteiger partial charge < -0.3 is 11.1 Å². The number of nitrogens with two attached hydrogens (primary N) is 1. The van der Waals surface area contributed by atoms with Crippen molar-refractivity contribution in [3.05, 3.63) is 6.20 Å². The van der Waals surface area contributed by atoms with E-state index < -0.39 is 0 Å². The molecule has 0 aliphatic heterocycles. The van der Waals surface area contributed by atoms with Crippen LogP contribution in [0.4, 0.5) is 11.8 Å². The molecular formula is C13H22N6. The monoisotopic (exact) mass is 262 g/mol. The number of H-pyrrole nitrogens is 1. The second kappa shape index (κ2) is 5.42. The maximum atomic E-state index is 5.70. The van der Waals surface area contributed by atoms with Gasteiger partial charge in [0, 0.05) is 6.54 Å². The smallest absolute Gasteiger partial charge is 0.224 e. The van der Waals surface area contributed by atoms with Gasteiger partial charge in [-0.1, -0.05) is 27.7 Å². The Balaban J connectivity index is 2.19. The molecule has 2 aromatic rings. The minimum absolute atomic E-state index is 0.255. The molecule has 0 atom stereocenters. The zero-order chi connectivity index (χ0) is 14.0. The SMILES string of the molecule is CC(C)C(CNc1nc(N)nc2[nH]ncc12)C(C)C. The normalized spacial score (nSPS) is 11.9. The van der Waals surface area contributed by atoms with E-state index in [2.05, 4.69) is 53.2 Å². The van der Waals surface area contributed by atoms with E-state index in [4.69, 9.17) is 5.73 Å². The Morgan fingerprint density at radius 2 is 1.89 bits per heavy atom. The first kappa shape index (κ1) is 13.6. The summed E-state index contributed by atoms with van der Waals surface area (Å²) >= 11 is 0. The van der Waals surface area contributed by atoms with Crippen LogP contribution in [0.15, 0.2) is 6.20 Å². The third-order valence-electron chi connectivity index (χ3n) is 3.54. The fourth-order valence-electron chi connectivity index (χ4n) is 2.44. The molecule has 104 valence electrons. The van der Waals surface area contributed by atoms with Crippen molar-refractivity contribution in [1.82, 2.24) is 20.2 Å². The lowest BCUT2D eigenvalue weighted by Crippen LogP contribution is -2.25. The van der Waals surface area contributed by atoms with Gasteiger partial charge >= 0.3 is 0 Å². The minimum atomic E-state index is 0.255. The maximum absolute atomic E-state index is 5.70. The van der Waals surface area contributed by atoms with Crippen molar-refractivity contribution in [1.29, 1.82) is 0 Å². The molecule has 0 fully saturated rings. The summed E-state index contributed by atoms with van der Waals surface area (Å²) in [5, 5.41) is 11.1. The second-order valence-corrected chi connectivity index (χ2v) is 5.60. The van der Waals surface area contributed by atoms with Gasteiger partial charge in [-0.05, 0) is 17.8 Å². The molecule has 2 heterocycles. The zero-order valence-corrected chi connectivity index (χ0v) is 11.9. The topological polar surface area (TPSA) is 92.5 Å². The number of aromatic amines is 1. The van der Waals surface area contributed by atoms with Gasteiger partial charge in [0.2, 0.25) is 5.95 Å². The molecule has 0 aliphatic carbocycles. The summed E-state index contributed by atoms with van der Waals surface area (Å²) in [4.78, 5) is 8.36. The summed E-state index contributed by atoms with van der Waals surface area (Å²) in [5.74, 6) is 2.82. The Kier molecular flexibility index (Phi) is 3.87. The Morgan fingerprint density at radius 1 is 1.21 bits per heavy atom. The second-order valence-electron chi connectivity index (χ2n) is 5.60. The van der Waals surface area contributed by atoms with Crippen LogP contribution in [0.1, 0.15) is 27.7 Å². The van der Waals surface area contributed by atoms with Crippen molar-refractivity contribution in [3.63, 3.8) is 0 Å². The van der Waals surface area contributed by atoms with Crippen molar-refractivity contribution in [3.8, 4) is 0 Å². The molecule has 0 saturated heterocycles. The first-order chi connectivity index (χ1) is 8.99. The summed E-state index contributed by atoms with van der Waals surface area (Å²) in [6.45, 7) is 9.84. The number of aromatic nitrogens is 4. The number of nitrogens with one attached hydrogen (secondary N) is 2. The molecule has 4 N–H and O–H groups in total. The van der Waals surface area contributed by atoms with Gasteiger partial charge in [-0.25, -0.2) is 0 Å². The van der Waals surface area contributed by atoms with Crippen LogP contribution in [0.25, 0.3) is 11.0 Å². The summed E-state index contributed by atoms with van der Waals surface area (Å²) in [6.07, 6.45) is 1.72. The highest BCUT2D eigenvalue weighted by Crippen LogP contribution is 2.23. The van der Waals surface area contributed by atoms with Crippen LogP contribution in [-0.4, -0.2) is 26.7 Å². The first-order valence-electron chi connectivity index (χ1n) is 6.69. The van der Waals surface area contributed by atoms with Crippen molar-refractivity contribution in [2.45, 2.75) is 27.7 Å². The molecular weight excluding hydrogens is 240 g/mol. The predicted octanol–water partition coefficient (Wildman–Crippen LogP) is 2.28. The Bertz CT molecular complexity index is 537. The largest absolute Gasteiger partial charge is 0.369 e. The van der Waals surface area contributed by atoms with Crippen LogP contribution in [-0.2, 0) is 0 Å². The van der Waals surface area contributed by atoms with Crippen molar-refractivity contribution in [2.24, 2.45) is 17.8 Å². The van der Waals surface area contributed by atoms with Crippen molar-refractivity contribution >= 4 is 22.8 Å². The minimum Gasteiger partial charge on any atom is -0.369 e. The number of fused-ring (bicyclic) bond motifs is 1. The molecule has 0 radical (unpaired) electrons. The lowest BCUT2D eigenvalue weighted by atomic mass is 9.85.